The van der Waals surface area contributed by atoms with Crippen molar-refractivity contribution >= 4 is 49.7 Å². The number of nitrogens with one attached hydrogen (secondary N) is 2. The van der Waals surface area contributed by atoms with Crippen LogP contribution >= 0.6 is 11.6 Å². The first kappa shape index (κ1) is 22.5. The van der Waals surface area contributed by atoms with Gasteiger partial charge in [-0.3, -0.25) is 14.3 Å². The predicted octanol–water partition coefficient (Wildman–Crippen LogP) is 3.80. The van der Waals surface area contributed by atoms with E-state index in [-0.39, 0.29) is 33.4 Å². The van der Waals surface area contributed by atoms with Crippen LogP contribution in [0.4, 0.5) is 11.4 Å². The molecule has 4 aromatic rings. The number of hydrogen-bond donors (Lipinski definition) is 2. The van der Waals surface area contributed by atoms with Gasteiger partial charge in [0.15, 0.2) is 0 Å². The number of nitrogens with zero attached hydrogens (tertiary/aromatic N) is 2. The van der Waals surface area contributed by atoms with E-state index in [4.69, 9.17) is 11.6 Å². The lowest BCUT2D eigenvalue weighted by Crippen LogP contribution is -2.29. The molecule has 0 spiro atoms. The lowest BCUT2D eigenvalue weighted by Gasteiger charge is -2.13. The number of benzene rings is 3. The Bertz CT molecular complexity index is 1530. The summed E-state index contributed by atoms with van der Waals surface area (Å²) in [5, 5.41) is 8.06. The number of aryl methyl sites for hydroxylation is 1. The summed E-state index contributed by atoms with van der Waals surface area (Å²) in [5.41, 5.74) is 0.605. The van der Waals surface area contributed by atoms with Gasteiger partial charge in [0.05, 0.1) is 27.2 Å². The lowest BCUT2D eigenvalue weighted by atomic mass is 10.2. The molecule has 33 heavy (non-hydrogen) atoms. The molecule has 1 amide bonds. The number of rotatable bonds is 6. The average Bonchev–Trinajstić information content (AvgIpc) is 2.78. The molecule has 0 fully saturated rings. The third-order valence-corrected chi connectivity index (χ3v) is 6.77. The second kappa shape index (κ2) is 9.05. The quantitative estimate of drug-likeness (QED) is 0.434. The topological polar surface area (TPSA) is 110 Å². The second-order valence-corrected chi connectivity index (χ2v) is 9.37. The molecule has 4 rings (SSSR count). The van der Waals surface area contributed by atoms with E-state index in [0.29, 0.717) is 16.3 Å². The minimum absolute atomic E-state index is 0.0128. The fourth-order valence-corrected chi connectivity index (χ4v) is 4.88. The van der Waals surface area contributed by atoms with Crippen molar-refractivity contribution in [1.82, 2.24) is 9.78 Å². The first-order valence-electron chi connectivity index (χ1n) is 9.87. The van der Waals surface area contributed by atoms with Crippen molar-refractivity contribution in [2.75, 3.05) is 10.0 Å². The zero-order valence-electron chi connectivity index (χ0n) is 17.4. The van der Waals surface area contributed by atoms with Gasteiger partial charge in [0.25, 0.3) is 15.6 Å². The van der Waals surface area contributed by atoms with Gasteiger partial charge < -0.3 is 5.32 Å². The summed E-state index contributed by atoms with van der Waals surface area (Å²) < 4.78 is 29.4. The Morgan fingerprint density at radius 1 is 1.06 bits per heavy atom. The number of carbonyl (C=O) groups is 1. The van der Waals surface area contributed by atoms with E-state index >= 15 is 0 Å². The summed E-state index contributed by atoms with van der Waals surface area (Å²) in [5.74, 6) is -0.522. The van der Waals surface area contributed by atoms with Crippen molar-refractivity contribution in [2.24, 2.45) is 0 Å². The van der Waals surface area contributed by atoms with E-state index in [9.17, 15) is 18.0 Å². The zero-order valence-corrected chi connectivity index (χ0v) is 19.0. The van der Waals surface area contributed by atoms with Crippen LogP contribution in [0, 0.1) is 6.92 Å². The van der Waals surface area contributed by atoms with E-state index in [1.54, 1.807) is 67.6 Å². The van der Waals surface area contributed by atoms with Crippen LogP contribution in [0.25, 0.3) is 10.8 Å². The summed E-state index contributed by atoms with van der Waals surface area (Å²) in [6.45, 7) is 1.32. The third-order valence-electron chi connectivity index (χ3n) is 4.93. The molecule has 0 radical (unpaired) electrons. The Morgan fingerprint density at radius 3 is 2.58 bits per heavy atom. The fraction of sp³-hybridized carbons (Fsp3) is 0.0870. The number of anilines is 2. The Hall–Kier alpha value is -3.69. The molecule has 1 heterocycles. The number of carbonyl (C=O) groups excluding carboxylic acids is 1. The molecule has 10 heteroatoms. The van der Waals surface area contributed by atoms with E-state index < -0.39 is 15.9 Å². The number of hydrogen-bond acceptors (Lipinski definition) is 5. The van der Waals surface area contributed by atoms with Gasteiger partial charge >= 0.3 is 0 Å². The predicted molar refractivity (Wildman–Crippen MR) is 128 cm³/mol. The van der Waals surface area contributed by atoms with Gasteiger partial charge in [-0.2, -0.15) is 5.10 Å². The highest BCUT2D eigenvalue weighted by Gasteiger charge is 2.19. The largest absolute Gasteiger partial charge is 0.324 e. The van der Waals surface area contributed by atoms with Crippen LogP contribution in [0.15, 0.2) is 82.6 Å². The highest BCUT2D eigenvalue weighted by atomic mass is 35.5. The highest BCUT2D eigenvalue weighted by molar-refractivity contribution is 7.92. The SMILES string of the molecule is Cc1ccc(NC(=O)Cn2ncc3ccccc3c2=O)cc1S(=O)(=O)Nc1ccccc1Cl. The maximum atomic E-state index is 12.9. The van der Waals surface area contributed by atoms with Gasteiger partial charge in [-0.25, -0.2) is 13.1 Å². The second-order valence-electron chi connectivity index (χ2n) is 7.31. The highest BCUT2D eigenvalue weighted by Crippen LogP contribution is 2.26. The Labute approximate surface area is 194 Å². The van der Waals surface area contributed by atoms with Gasteiger partial charge in [-0.1, -0.05) is 48.0 Å². The number of para-hydroxylation sites is 1. The molecule has 2 N–H and O–H groups in total. The van der Waals surface area contributed by atoms with Crippen LogP contribution in [-0.4, -0.2) is 24.1 Å². The Kier molecular flexibility index (Phi) is 6.17. The molecule has 0 aliphatic heterocycles. The fourth-order valence-electron chi connectivity index (χ4n) is 3.29. The van der Waals surface area contributed by atoms with Crippen LogP contribution in [0.2, 0.25) is 5.02 Å². The number of aromatic nitrogens is 2. The summed E-state index contributed by atoms with van der Waals surface area (Å²) in [7, 11) is -3.97. The Morgan fingerprint density at radius 2 is 1.79 bits per heavy atom. The lowest BCUT2D eigenvalue weighted by molar-refractivity contribution is -0.117. The molecule has 0 saturated heterocycles. The maximum Gasteiger partial charge on any atom is 0.275 e. The normalized spacial score (nSPS) is 11.3. The summed E-state index contributed by atoms with van der Waals surface area (Å²) >= 11 is 6.07. The zero-order chi connectivity index (χ0) is 23.6. The monoisotopic (exact) mass is 482 g/mol. The molecular formula is C23H19ClN4O4S. The van der Waals surface area contributed by atoms with E-state index in [1.165, 1.54) is 12.3 Å². The maximum absolute atomic E-state index is 12.9. The van der Waals surface area contributed by atoms with Crippen LogP contribution < -0.4 is 15.6 Å². The van der Waals surface area contributed by atoms with Gasteiger partial charge in [-0.15, -0.1) is 0 Å². The summed E-state index contributed by atoms with van der Waals surface area (Å²) in [6.07, 6.45) is 1.51. The number of fused-ring (bicyclic) bond motifs is 1. The van der Waals surface area contributed by atoms with Crippen LogP contribution in [-0.2, 0) is 21.4 Å². The molecule has 0 aliphatic rings. The standard InChI is InChI=1S/C23H19ClN4O4S/c1-15-10-11-17(12-21(15)33(31,32)27-20-9-5-4-8-19(20)24)26-22(29)14-28-23(30)18-7-3-2-6-16(18)13-25-28/h2-13,27H,14H2,1H3,(H,26,29). The Balaban J connectivity index is 1.55. The number of amides is 1. The molecule has 0 atom stereocenters. The molecule has 0 unspecified atom stereocenters. The van der Waals surface area contributed by atoms with Crippen LogP contribution in [0.3, 0.4) is 0 Å². The average molecular weight is 483 g/mol. The van der Waals surface area contributed by atoms with Crippen LogP contribution in [0.1, 0.15) is 5.56 Å². The van der Waals surface area contributed by atoms with Gasteiger partial charge in [0, 0.05) is 11.1 Å². The van der Waals surface area contributed by atoms with Crippen molar-refractivity contribution in [3.8, 4) is 0 Å². The number of sulfonamides is 1. The summed E-state index contributed by atoms with van der Waals surface area (Å²) in [6, 6.07) is 18.0. The van der Waals surface area contributed by atoms with Gasteiger partial charge in [0.1, 0.15) is 6.54 Å². The number of halogens is 1. The third kappa shape index (κ3) is 4.89. The van der Waals surface area contributed by atoms with Crippen molar-refractivity contribution in [1.29, 1.82) is 0 Å². The smallest absolute Gasteiger partial charge is 0.275 e. The molecule has 3 aromatic carbocycles. The van der Waals surface area contributed by atoms with Crippen molar-refractivity contribution in [2.45, 2.75) is 18.4 Å². The molecule has 1 aromatic heterocycles. The van der Waals surface area contributed by atoms with Gasteiger partial charge in [0.2, 0.25) is 5.91 Å². The van der Waals surface area contributed by atoms with Crippen molar-refractivity contribution in [3.05, 3.63) is 93.9 Å². The molecule has 0 aliphatic carbocycles. The minimum Gasteiger partial charge on any atom is -0.324 e. The van der Waals surface area contributed by atoms with Crippen LogP contribution in [0.5, 0.6) is 0 Å². The molecule has 8 nitrogen and oxygen atoms in total. The van der Waals surface area contributed by atoms with Crippen molar-refractivity contribution in [3.63, 3.8) is 0 Å². The summed E-state index contributed by atoms with van der Waals surface area (Å²) in [4.78, 5) is 25.1. The van der Waals surface area contributed by atoms with Crippen molar-refractivity contribution < 1.29 is 13.2 Å². The molecule has 0 saturated carbocycles. The first-order chi connectivity index (χ1) is 15.7. The van der Waals surface area contributed by atoms with Gasteiger partial charge in [-0.05, 0) is 42.8 Å². The molecule has 168 valence electrons. The molecule has 0 bridgehead atoms. The van der Waals surface area contributed by atoms with E-state index in [0.717, 1.165) is 4.68 Å². The van der Waals surface area contributed by atoms with E-state index in [1.807, 2.05) is 0 Å². The first-order valence-corrected chi connectivity index (χ1v) is 11.7. The van der Waals surface area contributed by atoms with E-state index in [2.05, 4.69) is 15.1 Å². The minimum atomic E-state index is -3.97. The molecular weight excluding hydrogens is 464 g/mol.